The van der Waals surface area contributed by atoms with Crippen LogP contribution in [0.25, 0.3) is 0 Å². The lowest BCUT2D eigenvalue weighted by Gasteiger charge is -2.31. The first-order chi connectivity index (χ1) is 12.2. The summed E-state index contributed by atoms with van der Waals surface area (Å²) in [5, 5.41) is -0.175. The van der Waals surface area contributed by atoms with Gasteiger partial charge >= 0.3 is 0 Å². The van der Waals surface area contributed by atoms with E-state index in [0.29, 0.717) is 5.02 Å². The molecule has 1 fully saturated rings. The molecule has 1 aliphatic heterocycles. The van der Waals surface area contributed by atoms with Gasteiger partial charge in [-0.15, -0.1) is 0 Å². The quantitative estimate of drug-likeness (QED) is 0.771. The van der Waals surface area contributed by atoms with E-state index in [1.165, 1.54) is 16.4 Å². The van der Waals surface area contributed by atoms with Gasteiger partial charge in [0.1, 0.15) is 0 Å². The molecule has 0 radical (unpaired) electrons. The Hall–Kier alpha value is -1.41. The van der Waals surface area contributed by atoms with Crippen LogP contribution in [0.1, 0.15) is 18.4 Å². The second kappa shape index (κ2) is 7.31. The maximum absolute atomic E-state index is 12.8. The number of sulfonamides is 1. The molecule has 0 aliphatic carbocycles. The van der Waals surface area contributed by atoms with Gasteiger partial charge in [-0.1, -0.05) is 35.9 Å². The van der Waals surface area contributed by atoms with Crippen molar-refractivity contribution in [1.29, 1.82) is 0 Å². The largest absolute Gasteiger partial charge is 0.243 e. The number of hydrogen-bond donors (Lipinski definition) is 0. The van der Waals surface area contributed by atoms with Gasteiger partial charge in [0.15, 0.2) is 9.84 Å². The summed E-state index contributed by atoms with van der Waals surface area (Å²) in [6.45, 7) is 2.15. The number of nitrogens with zero attached hydrogens (tertiary/aromatic N) is 1. The SMILES string of the molecule is Cc1ccc(S(=O)(=O)N2CCC(S(=O)(=O)c3ccccc3)CC2)cc1Cl. The predicted molar refractivity (Wildman–Crippen MR) is 102 cm³/mol. The Bertz CT molecular complexity index is 997. The van der Waals surface area contributed by atoms with Crippen molar-refractivity contribution in [3.63, 3.8) is 0 Å². The second-order valence-corrected chi connectivity index (χ2v) is 10.9. The summed E-state index contributed by atoms with van der Waals surface area (Å²) in [5.41, 5.74) is 0.804. The molecule has 8 heteroatoms. The van der Waals surface area contributed by atoms with Crippen molar-refractivity contribution in [2.75, 3.05) is 13.1 Å². The van der Waals surface area contributed by atoms with Gasteiger partial charge in [0.05, 0.1) is 15.0 Å². The lowest BCUT2D eigenvalue weighted by molar-refractivity contribution is 0.345. The minimum atomic E-state index is -3.68. The second-order valence-electron chi connectivity index (χ2n) is 6.37. The topological polar surface area (TPSA) is 71.5 Å². The van der Waals surface area contributed by atoms with Crippen LogP contribution >= 0.6 is 11.6 Å². The van der Waals surface area contributed by atoms with E-state index in [1.807, 2.05) is 0 Å². The number of halogens is 1. The first-order valence-corrected chi connectivity index (χ1v) is 11.6. The summed E-state index contributed by atoms with van der Waals surface area (Å²) in [4.78, 5) is 0.420. The Morgan fingerprint density at radius 1 is 0.923 bits per heavy atom. The summed E-state index contributed by atoms with van der Waals surface area (Å²) in [7, 11) is -7.13. The van der Waals surface area contributed by atoms with E-state index in [4.69, 9.17) is 11.6 Å². The van der Waals surface area contributed by atoms with Crippen molar-refractivity contribution in [1.82, 2.24) is 4.31 Å². The van der Waals surface area contributed by atoms with E-state index in [1.54, 1.807) is 43.3 Å². The zero-order chi connectivity index (χ0) is 18.9. The molecule has 0 unspecified atom stereocenters. The minimum absolute atomic E-state index is 0.137. The summed E-state index contributed by atoms with van der Waals surface area (Å²) >= 11 is 6.05. The number of sulfone groups is 1. The van der Waals surface area contributed by atoms with Crippen molar-refractivity contribution in [3.05, 3.63) is 59.1 Å². The summed E-state index contributed by atoms with van der Waals surface area (Å²) in [6, 6.07) is 12.9. The van der Waals surface area contributed by atoms with Crippen LogP contribution in [0, 0.1) is 6.92 Å². The van der Waals surface area contributed by atoms with E-state index < -0.39 is 25.1 Å². The van der Waals surface area contributed by atoms with E-state index in [-0.39, 0.29) is 35.7 Å². The zero-order valence-corrected chi connectivity index (χ0v) is 16.7. The lowest BCUT2D eigenvalue weighted by Crippen LogP contribution is -2.42. The third-order valence-electron chi connectivity index (χ3n) is 4.69. The molecule has 3 rings (SSSR count). The van der Waals surface area contributed by atoms with Crippen molar-refractivity contribution in [2.45, 2.75) is 34.8 Å². The number of piperidine rings is 1. The van der Waals surface area contributed by atoms with E-state index in [9.17, 15) is 16.8 Å². The molecule has 0 atom stereocenters. The van der Waals surface area contributed by atoms with Gasteiger partial charge in [0, 0.05) is 18.1 Å². The molecular weight excluding hydrogens is 394 g/mol. The van der Waals surface area contributed by atoms with E-state index in [0.717, 1.165) is 5.56 Å². The minimum Gasteiger partial charge on any atom is -0.223 e. The molecule has 1 aliphatic rings. The van der Waals surface area contributed by atoms with E-state index in [2.05, 4.69) is 0 Å². The molecule has 2 aromatic rings. The highest BCUT2D eigenvalue weighted by Gasteiger charge is 2.35. The normalized spacial score (nSPS) is 17.3. The molecule has 0 aromatic heterocycles. The molecule has 26 heavy (non-hydrogen) atoms. The fourth-order valence-electron chi connectivity index (χ4n) is 3.07. The van der Waals surface area contributed by atoms with Crippen molar-refractivity contribution in [3.8, 4) is 0 Å². The van der Waals surface area contributed by atoms with Gasteiger partial charge in [0.2, 0.25) is 10.0 Å². The number of rotatable bonds is 4. The summed E-state index contributed by atoms with van der Waals surface area (Å²) < 4.78 is 52.3. The van der Waals surface area contributed by atoms with Crippen LogP contribution in [-0.4, -0.2) is 39.5 Å². The Morgan fingerprint density at radius 3 is 2.12 bits per heavy atom. The van der Waals surface area contributed by atoms with Crippen LogP contribution in [0.5, 0.6) is 0 Å². The van der Waals surface area contributed by atoms with Crippen LogP contribution in [0.3, 0.4) is 0 Å². The Labute approximate surface area is 159 Å². The Kier molecular flexibility index (Phi) is 5.44. The van der Waals surface area contributed by atoms with Crippen molar-refractivity contribution in [2.24, 2.45) is 0 Å². The average molecular weight is 414 g/mol. The van der Waals surface area contributed by atoms with E-state index >= 15 is 0 Å². The monoisotopic (exact) mass is 413 g/mol. The molecule has 1 saturated heterocycles. The predicted octanol–water partition coefficient (Wildman–Crippen LogP) is 3.28. The molecule has 2 aromatic carbocycles. The molecule has 0 spiro atoms. The zero-order valence-electron chi connectivity index (χ0n) is 14.3. The highest BCUT2D eigenvalue weighted by molar-refractivity contribution is 7.92. The first-order valence-electron chi connectivity index (χ1n) is 8.28. The fourth-order valence-corrected chi connectivity index (χ4v) is 6.56. The molecule has 5 nitrogen and oxygen atoms in total. The number of benzene rings is 2. The molecule has 0 amide bonds. The molecule has 0 bridgehead atoms. The maximum atomic E-state index is 12.8. The van der Waals surface area contributed by atoms with Gasteiger partial charge in [-0.2, -0.15) is 4.31 Å². The fraction of sp³-hybridized carbons (Fsp3) is 0.333. The molecule has 0 saturated carbocycles. The number of hydrogen-bond acceptors (Lipinski definition) is 4. The standard InChI is InChI=1S/C18H20ClNO4S2/c1-14-7-8-17(13-18(14)19)26(23,24)20-11-9-16(10-12-20)25(21,22)15-5-3-2-4-6-15/h2-8,13,16H,9-12H2,1H3. The van der Waals surface area contributed by atoms with Crippen molar-refractivity contribution < 1.29 is 16.8 Å². The van der Waals surface area contributed by atoms with Crippen LogP contribution in [-0.2, 0) is 19.9 Å². The molecule has 0 N–H and O–H groups in total. The summed E-state index contributed by atoms with van der Waals surface area (Å²) in [6.07, 6.45) is 0.548. The highest BCUT2D eigenvalue weighted by atomic mass is 35.5. The Morgan fingerprint density at radius 2 is 1.54 bits per heavy atom. The lowest BCUT2D eigenvalue weighted by atomic mass is 10.2. The van der Waals surface area contributed by atoms with Gasteiger partial charge in [-0.05, 0) is 49.6 Å². The highest BCUT2D eigenvalue weighted by Crippen LogP contribution is 2.29. The van der Waals surface area contributed by atoms with Crippen LogP contribution in [0.2, 0.25) is 5.02 Å². The summed E-state index contributed by atoms with van der Waals surface area (Å²) in [5.74, 6) is 0. The van der Waals surface area contributed by atoms with Gasteiger partial charge < -0.3 is 0 Å². The number of aryl methyl sites for hydroxylation is 1. The third kappa shape index (κ3) is 3.67. The smallest absolute Gasteiger partial charge is 0.223 e. The Balaban J connectivity index is 1.77. The molecular formula is C18H20ClNO4S2. The van der Waals surface area contributed by atoms with Gasteiger partial charge in [-0.25, -0.2) is 16.8 Å². The van der Waals surface area contributed by atoms with Gasteiger partial charge in [0.25, 0.3) is 0 Å². The third-order valence-corrected chi connectivity index (χ3v) is 9.27. The maximum Gasteiger partial charge on any atom is 0.243 e. The van der Waals surface area contributed by atoms with Crippen molar-refractivity contribution >= 4 is 31.5 Å². The van der Waals surface area contributed by atoms with Crippen LogP contribution in [0.15, 0.2) is 58.3 Å². The van der Waals surface area contributed by atoms with Gasteiger partial charge in [-0.3, -0.25) is 0 Å². The average Bonchev–Trinajstić information content (AvgIpc) is 2.64. The molecule has 140 valence electrons. The van der Waals surface area contributed by atoms with Crippen LogP contribution < -0.4 is 0 Å². The van der Waals surface area contributed by atoms with Crippen LogP contribution in [0.4, 0.5) is 0 Å². The molecule has 1 heterocycles. The first kappa shape index (κ1) is 19.4.